The van der Waals surface area contributed by atoms with Gasteiger partial charge in [-0.05, 0) is 42.5 Å². The molecule has 0 saturated carbocycles. The molecule has 2 amide bonds. The molecule has 0 fully saturated rings. The normalized spacial score (nSPS) is 10.3. The number of halogens is 1. The fourth-order valence-electron chi connectivity index (χ4n) is 2.31. The molecule has 25 heavy (non-hydrogen) atoms. The van der Waals surface area contributed by atoms with Crippen molar-refractivity contribution < 1.29 is 9.59 Å². The maximum absolute atomic E-state index is 12.3. The number of nitrogens with zero attached hydrogens (tertiary/aromatic N) is 2. The fraction of sp³-hybridized carbons (Fsp3) is 0.0556. The summed E-state index contributed by atoms with van der Waals surface area (Å²) in [7, 11) is 0. The minimum Gasteiger partial charge on any atom is -0.326 e. The van der Waals surface area contributed by atoms with E-state index in [9.17, 15) is 9.59 Å². The lowest BCUT2D eigenvalue weighted by Crippen LogP contribution is -2.12. The predicted octanol–water partition coefficient (Wildman–Crippen LogP) is 3.74. The lowest BCUT2D eigenvalue weighted by Gasteiger charge is -2.10. The van der Waals surface area contributed by atoms with Crippen molar-refractivity contribution in [3.05, 3.63) is 71.8 Å². The minimum absolute atomic E-state index is 0.162. The van der Waals surface area contributed by atoms with Crippen LogP contribution in [0, 0.1) is 0 Å². The lowest BCUT2D eigenvalue weighted by atomic mass is 10.2. The second-order valence-corrected chi connectivity index (χ2v) is 5.76. The third-order valence-electron chi connectivity index (χ3n) is 3.46. The Kier molecular flexibility index (Phi) is 4.81. The summed E-state index contributed by atoms with van der Waals surface area (Å²) in [5.41, 5.74) is 2.47. The van der Waals surface area contributed by atoms with Crippen LogP contribution in [0.25, 0.3) is 5.69 Å². The van der Waals surface area contributed by atoms with Gasteiger partial charge in [-0.25, -0.2) is 4.98 Å². The zero-order valence-electron chi connectivity index (χ0n) is 13.4. The molecule has 0 radical (unpaired) electrons. The first-order chi connectivity index (χ1) is 12.0. The molecular weight excluding hydrogens is 340 g/mol. The summed E-state index contributed by atoms with van der Waals surface area (Å²) in [4.78, 5) is 27.3. The number of benzene rings is 2. The van der Waals surface area contributed by atoms with Crippen LogP contribution in [-0.4, -0.2) is 21.4 Å². The minimum atomic E-state index is -0.263. The standard InChI is InChI=1S/C18H15ClN4O2/c1-12(24)21-14-4-2-13(3-5-14)18(25)22-15-6-7-17(16(19)10-15)23-9-8-20-11-23/h2-11H,1H3,(H,21,24)(H,22,25). The van der Waals surface area contributed by atoms with E-state index < -0.39 is 0 Å². The van der Waals surface area contributed by atoms with E-state index in [1.165, 1.54) is 6.92 Å². The first-order valence-corrected chi connectivity index (χ1v) is 7.87. The van der Waals surface area contributed by atoms with Gasteiger partial charge in [0.25, 0.3) is 5.91 Å². The molecule has 1 heterocycles. The highest BCUT2D eigenvalue weighted by molar-refractivity contribution is 6.32. The third-order valence-corrected chi connectivity index (χ3v) is 3.76. The summed E-state index contributed by atoms with van der Waals surface area (Å²) in [6, 6.07) is 11.9. The first kappa shape index (κ1) is 16.7. The maximum Gasteiger partial charge on any atom is 0.255 e. The van der Waals surface area contributed by atoms with Gasteiger partial charge < -0.3 is 15.2 Å². The Morgan fingerprint density at radius 2 is 1.76 bits per heavy atom. The number of carbonyl (C=O) groups is 2. The number of hydrogen-bond donors (Lipinski definition) is 2. The molecule has 2 N–H and O–H groups in total. The van der Waals surface area contributed by atoms with Crippen molar-refractivity contribution in [3.8, 4) is 5.69 Å². The molecule has 6 nitrogen and oxygen atoms in total. The van der Waals surface area contributed by atoms with E-state index >= 15 is 0 Å². The molecule has 3 rings (SSSR count). The van der Waals surface area contributed by atoms with E-state index in [1.807, 2.05) is 0 Å². The van der Waals surface area contributed by atoms with Crippen LogP contribution < -0.4 is 10.6 Å². The van der Waals surface area contributed by atoms with Crippen LogP contribution >= 0.6 is 11.6 Å². The molecule has 0 aliphatic heterocycles. The zero-order valence-corrected chi connectivity index (χ0v) is 14.1. The highest BCUT2D eigenvalue weighted by Crippen LogP contribution is 2.24. The Labute approximate surface area is 149 Å². The summed E-state index contributed by atoms with van der Waals surface area (Å²) in [5, 5.41) is 5.95. The van der Waals surface area contributed by atoms with Gasteiger partial charge in [0.05, 0.1) is 17.0 Å². The van der Waals surface area contributed by atoms with Crippen molar-refractivity contribution in [1.29, 1.82) is 0 Å². The smallest absolute Gasteiger partial charge is 0.255 e. The van der Waals surface area contributed by atoms with E-state index in [0.29, 0.717) is 22.0 Å². The van der Waals surface area contributed by atoms with Crippen LogP contribution in [0.3, 0.4) is 0 Å². The van der Waals surface area contributed by atoms with Crippen LogP contribution in [-0.2, 0) is 4.79 Å². The molecule has 0 atom stereocenters. The molecule has 7 heteroatoms. The van der Waals surface area contributed by atoms with E-state index in [1.54, 1.807) is 65.8 Å². The summed E-state index contributed by atoms with van der Waals surface area (Å²) in [5.74, 6) is -0.425. The number of imidazole rings is 1. The molecule has 0 saturated heterocycles. The van der Waals surface area contributed by atoms with Crippen LogP contribution in [0.1, 0.15) is 17.3 Å². The molecule has 2 aromatic carbocycles. The van der Waals surface area contributed by atoms with E-state index in [-0.39, 0.29) is 11.8 Å². The van der Waals surface area contributed by atoms with Gasteiger partial charge in [0.2, 0.25) is 5.91 Å². The number of carbonyl (C=O) groups excluding carboxylic acids is 2. The Morgan fingerprint density at radius 1 is 1.04 bits per heavy atom. The van der Waals surface area contributed by atoms with Crippen molar-refractivity contribution >= 4 is 34.8 Å². The Morgan fingerprint density at radius 3 is 2.36 bits per heavy atom. The van der Waals surface area contributed by atoms with Crippen molar-refractivity contribution in [1.82, 2.24) is 9.55 Å². The molecule has 3 aromatic rings. The average molecular weight is 355 g/mol. The molecule has 0 spiro atoms. The van der Waals surface area contributed by atoms with Gasteiger partial charge in [-0.3, -0.25) is 9.59 Å². The second kappa shape index (κ2) is 7.19. The molecule has 0 aliphatic rings. The number of anilines is 2. The zero-order chi connectivity index (χ0) is 17.8. The van der Waals surface area contributed by atoms with Crippen LogP contribution in [0.2, 0.25) is 5.02 Å². The molecule has 0 aliphatic carbocycles. The molecule has 126 valence electrons. The third kappa shape index (κ3) is 4.05. The number of amides is 2. The maximum atomic E-state index is 12.3. The molecule has 0 unspecified atom stereocenters. The van der Waals surface area contributed by atoms with Crippen LogP contribution in [0.4, 0.5) is 11.4 Å². The van der Waals surface area contributed by atoms with Gasteiger partial charge in [-0.2, -0.15) is 0 Å². The number of aromatic nitrogens is 2. The molecular formula is C18H15ClN4O2. The van der Waals surface area contributed by atoms with Crippen molar-refractivity contribution in [3.63, 3.8) is 0 Å². The second-order valence-electron chi connectivity index (χ2n) is 5.35. The van der Waals surface area contributed by atoms with E-state index in [2.05, 4.69) is 15.6 Å². The summed E-state index contributed by atoms with van der Waals surface area (Å²) in [6.07, 6.45) is 5.10. The highest BCUT2D eigenvalue weighted by atomic mass is 35.5. The van der Waals surface area contributed by atoms with Gasteiger partial charge >= 0.3 is 0 Å². The number of nitrogens with one attached hydrogen (secondary N) is 2. The predicted molar refractivity (Wildman–Crippen MR) is 97.3 cm³/mol. The van der Waals surface area contributed by atoms with Crippen molar-refractivity contribution in [2.45, 2.75) is 6.92 Å². The van der Waals surface area contributed by atoms with Crippen LogP contribution in [0.5, 0.6) is 0 Å². The monoisotopic (exact) mass is 354 g/mol. The van der Waals surface area contributed by atoms with Crippen molar-refractivity contribution in [2.24, 2.45) is 0 Å². The topological polar surface area (TPSA) is 76.0 Å². The van der Waals surface area contributed by atoms with Crippen molar-refractivity contribution in [2.75, 3.05) is 10.6 Å². The quantitative estimate of drug-likeness (QED) is 0.749. The van der Waals surface area contributed by atoms with Gasteiger partial charge in [-0.15, -0.1) is 0 Å². The highest BCUT2D eigenvalue weighted by Gasteiger charge is 2.09. The summed E-state index contributed by atoms with van der Waals surface area (Å²) >= 11 is 6.28. The Hall–Kier alpha value is -3.12. The lowest BCUT2D eigenvalue weighted by molar-refractivity contribution is -0.114. The average Bonchev–Trinajstić information content (AvgIpc) is 3.09. The fourth-order valence-corrected chi connectivity index (χ4v) is 2.59. The van der Waals surface area contributed by atoms with Gasteiger partial charge in [-0.1, -0.05) is 11.6 Å². The molecule has 1 aromatic heterocycles. The summed E-state index contributed by atoms with van der Waals surface area (Å²) in [6.45, 7) is 1.43. The Balaban J connectivity index is 1.72. The number of hydrogen-bond acceptors (Lipinski definition) is 3. The van der Waals surface area contributed by atoms with Crippen LogP contribution in [0.15, 0.2) is 61.2 Å². The van der Waals surface area contributed by atoms with E-state index in [0.717, 1.165) is 5.69 Å². The Bertz CT molecular complexity index is 905. The van der Waals surface area contributed by atoms with E-state index in [4.69, 9.17) is 11.6 Å². The van der Waals surface area contributed by atoms with Gasteiger partial charge in [0.15, 0.2) is 0 Å². The SMILES string of the molecule is CC(=O)Nc1ccc(C(=O)Nc2ccc(-n3ccnc3)c(Cl)c2)cc1. The summed E-state index contributed by atoms with van der Waals surface area (Å²) < 4.78 is 1.79. The molecule has 0 bridgehead atoms. The van der Waals surface area contributed by atoms with Gasteiger partial charge in [0, 0.05) is 36.3 Å². The number of rotatable bonds is 4. The first-order valence-electron chi connectivity index (χ1n) is 7.50. The van der Waals surface area contributed by atoms with Gasteiger partial charge in [0.1, 0.15) is 0 Å². The largest absolute Gasteiger partial charge is 0.326 e.